The largest absolute Gasteiger partial charge is 0.348 e. The maximum atomic E-state index is 13.0. The van der Waals surface area contributed by atoms with Gasteiger partial charge in [0.1, 0.15) is 0 Å². The van der Waals surface area contributed by atoms with Gasteiger partial charge in [-0.3, -0.25) is 9.36 Å². The Morgan fingerprint density at radius 3 is 2.86 bits per heavy atom. The van der Waals surface area contributed by atoms with E-state index in [1.54, 1.807) is 11.3 Å². The molecule has 2 atom stereocenters. The van der Waals surface area contributed by atoms with Crippen LogP contribution >= 0.6 is 23.1 Å². The zero-order valence-electron chi connectivity index (χ0n) is 16.4. The van der Waals surface area contributed by atoms with Crippen LogP contribution in [0.5, 0.6) is 0 Å². The van der Waals surface area contributed by atoms with Crippen molar-refractivity contribution < 1.29 is 4.79 Å². The zero-order chi connectivity index (χ0) is 19.8. The number of aromatic nitrogens is 3. The fraction of sp³-hybridized carbons (Fsp3) is 0.409. The second-order valence-electron chi connectivity index (χ2n) is 7.80. The minimum absolute atomic E-state index is 0.0692. The Balaban J connectivity index is 1.31. The fourth-order valence-electron chi connectivity index (χ4n) is 4.00. The Bertz CT molecular complexity index is 1010. The van der Waals surface area contributed by atoms with Gasteiger partial charge >= 0.3 is 0 Å². The summed E-state index contributed by atoms with van der Waals surface area (Å²) in [6.07, 6.45) is 5.53. The third-order valence-electron chi connectivity index (χ3n) is 5.66. The summed E-state index contributed by atoms with van der Waals surface area (Å²) in [6, 6.07) is 13.2. The summed E-state index contributed by atoms with van der Waals surface area (Å²) in [6.45, 7) is 1.96. The number of rotatable bonds is 6. The van der Waals surface area contributed by atoms with Crippen LogP contribution in [-0.4, -0.2) is 25.9 Å². The number of carbonyl (C=O) groups is 1. The summed E-state index contributed by atoms with van der Waals surface area (Å²) in [4.78, 5) is 14.1. The van der Waals surface area contributed by atoms with E-state index in [9.17, 15) is 4.79 Å². The monoisotopic (exact) mass is 424 g/mol. The van der Waals surface area contributed by atoms with Gasteiger partial charge in [-0.25, -0.2) is 0 Å². The number of benzene rings is 1. The molecule has 1 fully saturated rings. The van der Waals surface area contributed by atoms with E-state index < -0.39 is 0 Å². The third kappa shape index (κ3) is 3.85. The molecule has 0 aliphatic heterocycles. The first-order valence-electron chi connectivity index (χ1n) is 10.2. The first kappa shape index (κ1) is 18.9. The molecule has 2 heterocycles. The van der Waals surface area contributed by atoms with Crippen LogP contribution < -0.4 is 5.32 Å². The lowest BCUT2D eigenvalue weighted by atomic mass is 9.88. The van der Waals surface area contributed by atoms with Crippen LogP contribution in [0, 0.1) is 0 Å². The molecule has 0 saturated heterocycles. The number of hydrogen-bond acceptors (Lipinski definition) is 5. The summed E-state index contributed by atoms with van der Waals surface area (Å²) < 4.78 is 2.23. The normalized spacial score (nSPS) is 19.6. The molecule has 0 radical (unpaired) electrons. The second-order valence-corrected chi connectivity index (χ2v) is 10.1. The molecule has 5 nitrogen and oxygen atoms in total. The summed E-state index contributed by atoms with van der Waals surface area (Å²) in [5.41, 5.74) is 2.63. The van der Waals surface area contributed by atoms with Crippen molar-refractivity contribution in [3.8, 4) is 10.7 Å². The van der Waals surface area contributed by atoms with Gasteiger partial charge in [0, 0.05) is 6.04 Å². The summed E-state index contributed by atoms with van der Waals surface area (Å²) in [5, 5.41) is 14.9. The minimum Gasteiger partial charge on any atom is -0.348 e. The maximum absolute atomic E-state index is 13.0. The summed E-state index contributed by atoms with van der Waals surface area (Å²) in [5.74, 6) is 0.999. The van der Waals surface area contributed by atoms with Gasteiger partial charge < -0.3 is 5.32 Å². The molecule has 0 spiro atoms. The second kappa shape index (κ2) is 7.95. The highest BCUT2D eigenvalue weighted by molar-refractivity contribution is 8.00. The van der Waals surface area contributed by atoms with Gasteiger partial charge in [0.05, 0.1) is 16.2 Å². The molecule has 7 heteroatoms. The zero-order valence-corrected chi connectivity index (χ0v) is 18.0. The van der Waals surface area contributed by atoms with Crippen LogP contribution in [-0.2, 0) is 11.2 Å². The molecule has 2 aliphatic rings. The minimum atomic E-state index is -0.220. The Kier molecular flexibility index (Phi) is 5.18. The highest BCUT2D eigenvalue weighted by Gasteiger charge is 2.32. The average molecular weight is 425 g/mol. The van der Waals surface area contributed by atoms with Crippen LogP contribution in [0.25, 0.3) is 10.7 Å². The number of thiophene rings is 1. The first-order chi connectivity index (χ1) is 14.2. The molecule has 1 saturated carbocycles. The molecule has 3 aromatic rings. The Hall–Kier alpha value is -2.12. The van der Waals surface area contributed by atoms with E-state index in [0.717, 1.165) is 48.0 Å². The molecule has 150 valence electrons. The van der Waals surface area contributed by atoms with E-state index in [2.05, 4.69) is 55.8 Å². The molecule has 2 aliphatic carbocycles. The maximum Gasteiger partial charge on any atom is 0.233 e. The highest BCUT2D eigenvalue weighted by Crippen LogP contribution is 2.42. The van der Waals surface area contributed by atoms with Crippen LogP contribution in [0.2, 0.25) is 0 Å². The average Bonchev–Trinajstić information content (AvgIpc) is 3.25. The first-order valence-corrected chi connectivity index (χ1v) is 12.0. The lowest BCUT2D eigenvalue weighted by molar-refractivity contribution is -0.121. The smallest absolute Gasteiger partial charge is 0.233 e. The topological polar surface area (TPSA) is 59.8 Å². The Morgan fingerprint density at radius 1 is 1.21 bits per heavy atom. The molecular formula is C22H24N4OS2. The molecule has 0 unspecified atom stereocenters. The molecule has 1 aromatic carbocycles. The highest BCUT2D eigenvalue weighted by atomic mass is 32.2. The van der Waals surface area contributed by atoms with Gasteiger partial charge in [0.2, 0.25) is 5.91 Å². The van der Waals surface area contributed by atoms with Crippen molar-refractivity contribution in [2.45, 2.75) is 61.5 Å². The molecular weight excluding hydrogens is 400 g/mol. The van der Waals surface area contributed by atoms with E-state index in [4.69, 9.17) is 0 Å². The number of nitrogens with one attached hydrogen (secondary N) is 1. The number of fused-ring (bicyclic) bond motifs is 1. The van der Waals surface area contributed by atoms with E-state index in [1.807, 2.05) is 13.0 Å². The molecule has 5 rings (SSSR count). The standard InChI is InChI=1S/C22H24N4OS2/c1-14(21(27)23-18-9-4-7-15-6-2-3-8-17(15)18)29-22-25-24-20(19-10-5-13-28-19)26(22)16-11-12-16/h2-3,5-6,8,10,13-14,16,18H,4,7,9,11-12H2,1H3,(H,23,27)/t14-,18-/m1/s1. The summed E-state index contributed by atoms with van der Waals surface area (Å²) in [7, 11) is 0. The number of aryl methyl sites for hydroxylation is 1. The third-order valence-corrected chi connectivity index (χ3v) is 7.58. The van der Waals surface area contributed by atoms with Crippen molar-refractivity contribution in [2.75, 3.05) is 0 Å². The Labute approximate surface area is 178 Å². The van der Waals surface area contributed by atoms with Crippen molar-refractivity contribution in [3.05, 3.63) is 52.9 Å². The summed E-state index contributed by atoms with van der Waals surface area (Å²) >= 11 is 3.20. The Morgan fingerprint density at radius 2 is 2.07 bits per heavy atom. The van der Waals surface area contributed by atoms with E-state index >= 15 is 0 Å². The molecule has 1 amide bonds. The van der Waals surface area contributed by atoms with Crippen LogP contribution in [0.15, 0.2) is 46.9 Å². The molecule has 29 heavy (non-hydrogen) atoms. The van der Waals surface area contributed by atoms with Crippen LogP contribution in [0.3, 0.4) is 0 Å². The lowest BCUT2D eigenvalue weighted by Gasteiger charge is -2.27. The van der Waals surface area contributed by atoms with Crippen LogP contribution in [0.1, 0.15) is 55.8 Å². The van der Waals surface area contributed by atoms with Gasteiger partial charge in [-0.1, -0.05) is 42.1 Å². The van der Waals surface area contributed by atoms with Gasteiger partial charge in [-0.15, -0.1) is 21.5 Å². The van der Waals surface area contributed by atoms with Gasteiger partial charge in [-0.05, 0) is 61.6 Å². The van der Waals surface area contributed by atoms with Crippen molar-refractivity contribution >= 4 is 29.0 Å². The van der Waals surface area contributed by atoms with E-state index in [1.165, 1.54) is 22.9 Å². The van der Waals surface area contributed by atoms with Crippen molar-refractivity contribution in [3.63, 3.8) is 0 Å². The van der Waals surface area contributed by atoms with Gasteiger partial charge in [0.15, 0.2) is 11.0 Å². The molecule has 0 bridgehead atoms. The van der Waals surface area contributed by atoms with Crippen molar-refractivity contribution in [1.82, 2.24) is 20.1 Å². The van der Waals surface area contributed by atoms with E-state index in [-0.39, 0.29) is 17.2 Å². The number of nitrogens with zero attached hydrogens (tertiary/aromatic N) is 3. The number of thioether (sulfide) groups is 1. The molecule has 2 aromatic heterocycles. The van der Waals surface area contributed by atoms with Gasteiger partial charge in [0.25, 0.3) is 0 Å². The number of amides is 1. The number of carbonyl (C=O) groups excluding carboxylic acids is 1. The lowest BCUT2D eigenvalue weighted by Crippen LogP contribution is -2.36. The van der Waals surface area contributed by atoms with Gasteiger partial charge in [-0.2, -0.15) is 0 Å². The van der Waals surface area contributed by atoms with Crippen LogP contribution in [0.4, 0.5) is 0 Å². The fourth-order valence-corrected chi connectivity index (χ4v) is 5.63. The predicted molar refractivity (Wildman–Crippen MR) is 117 cm³/mol. The SMILES string of the molecule is C[C@@H](Sc1nnc(-c2cccs2)n1C1CC1)C(=O)N[C@@H]1CCCc2ccccc21. The number of hydrogen-bond donors (Lipinski definition) is 1. The molecule has 1 N–H and O–H groups in total. The van der Waals surface area contributed by atoms with Crippen molar-refractivity contribution in [1.29, 1.82) is 0 Å². The van der Waals surface area contributed by atoms with E-state index in [0.29, 0.717) is 6.04 Å². The quantitative estimate of drug-likeness (QED) is 0.565. The van der Waals surface area contributed by atoms with Crippen molar-refractivity contribution in [2.24, 2.45) is 0 Å². The predicted octanol–water partition coefficient (Wildman–Crippen LogP) is 5.02.